The number of aliphatic hydroxyl groups is 11. The van der Waals surface area contributed by atoms with Crippen molar-refractivity contribution in [1.29, 1.82) is 0 Å². The molecule has 21 nitrogen and oxygen atoms in total. The van der Waals surface area contributed by atoms with Gasteiger partial charge in [-0.1, -0.05) is 0 Å². The molecule has 0 bridgehead atoms. The summed E-state index contributed by atoms with van der Waals surface area (Å²) < 4.78 is 40.4. The lowest BCUT2D eigenvalue weighted by molar-refractivity contribution is -0.357. The predicted molar refractivity (Wildman–Crippen MR) is 172 cm³/mol. The van der Waals surface area contributed by atoms with E-state index in [0.717, 1.165) is 24.3 Å². The number of benzene rings is 2. The number of aliphatic hydroxyl groups excluding tert-OH is 11. The minimum atomic E-state index is -1.97. The molecule has 14 N–H and O–H groups in total. The number of aromatic hydroxyl groups is 3. The quantitative estimate of drug-likeness (QED) is 0.0684. The standard InChI is InChI=1S/C33H40O21/c34-7-18-21(40)24(43)27(46)31(51-18)49-16-5-11(37)4-15-12(16)6-17(29(48-15)10-1-2-13(38)14(39)3-10)50-33-30(26(45)23(42)20(9-36)53-33)54-32-28(47)25(44)22(41)19(8-35)52-32/h1-6,18-28,30-36,40-47H,7-9H2,(H2-,37,38,39)/p+1/t18-,19-,20-,21-,22-,23-,24+,25+,26+,27-,28-,30-,31-,32+,33+/m1/s1. The SMILES string of the molecule is OC[C@H]1O[C@@H](Oc2cc(O)cc3[o+]c(-c4ccc(O)c(O)c4)c(O[C@H]4O[C@H](CO)[C@@H](O)[C@H](O)[C@H]4O[C@@H]4O[C@H](CO)[C@@H](O)[C@H](O)[C@H]4O)cc23)[C@H](O)[C@@H](O)[C@@H]1O. The van der Waals surface area contributed by atoms with Crippen LogP contribution in [-0.4, -0.2) is 183 Å². The molecule has 298 valence electrons. The number of hydrogen-bond acceptors (Lipinski definition) is 20. The number of fused-ring (bicyclic) bond motifs is 1. The molecule has 21 heteroatoms. The van der Waals surface area contributed by atoms with Crippen LogP contribution in [0.15, 0.2) is 40.8 Å². The maximum Gasteiger partial charge on any atom is 0.402 e. The van der Waals surface area contributed by atoms with E-state index in [1.54, 1.807) is 0 Å². The van der Waals surface area contributed by atoms with Gasteiger partial charge in [-0.05, 0) is 12.1 Å². The lowest BCUT2D eigenvalue weighted by atomic mass is 9.97. The molecule has 0 spiro atoms. The first-order chi connectivity index (χ1) is 25.7. The fourth-order valence-corrected chi connectivity index (χ4v) is 6.27. The van der Waals surface area contributed by atoms with Crippen molar-refractivity contribution < 1.29 is 104 Å². The van der Waals surface area contributed by atoms with Crippen LogP contribution in [0.4, 0.5) is 0 Å². The molecule has 15 atom stereocenters. The van der Waals surface area contributed by atoms with Gasteiger partial charge in [0.15, 0.2) is 23.9 Å². The fraction of sp³-hybridized carbons (Fsp3) is 0.545. The zero-order valence-electron chi connectivity index (χ0n) is 27.9. The first-order valence-electron chi connectivity index (χ1n) is 16.6. The molecule has 3 saturated heterocycles. The van der Waals surface area contributed by atoms with Crippen LogP contribution in [0.1, 0.15) is 0 Å². The smallest absolute Gasteiger partial charge is 0.402 e. The van der Waals surface area contributed by atoms with Crippen molar-refractivity contribution in [2.45, 2.75) is 92.1 Å². The summed E-state index contributed by atoms with van der Waals surface area (Å²) in [5.41, 5.74) is -0.115. The average molecular weight is 774 g/mol. The van der Waals surface area contributed by atoms with E-state index in [0.29, 0.717) is 0 Å². The fourth-order valence-electron chi connectivity index (χ4n) is 6.27. The Morgan fingerprint density at radius 1 is 0.537 bits per heavy atom. The molecule has 1 aromatic heterocycles. The molecule has 3 aliphatic heterocycles. The molecule has 3 fully saturated rings. The van der Waals surface area contributed by atoms with Crippen molar-refractivity contribution in [1.82, 2.24) is 0 Å². The number of rotatable bonds is 10. The Morgan fingerprint density at radius 2 is 1.07 bits per heavy atom. The molecular weight excluding hydrogens is 732 g/mol. The van der Waals surface area contributed by atoms with Crippen molar-refractivity contribution in [3.63, 3.8) is 0 Å². The van der Waals surface area contributed by atoms with E-state index >= 15 is 0 Å². The molecule has 2 aromatic carbocycles. The van der Waals surface area contributed by atoms with Crippen LogP contribution in [0, 0.1) is 0 Å². The van der Waals surface area contributed by atoms with Gasteiger partial charge in [0.2, 0.25) is 18.3 Å². The number of hydrogen-bond donors (Lipinski definition) is 14. The van der Waals surface area contributed by atoms with Gasteiger partial charge < -0.3 is 99.9 Å². The van der Waals surface area contributed by atoms with Gasteiger partial charge in [-0.15, -0.1) is 0 Å². The Kier molecular flexibility index (Phi) is 11.9. The highest BCUT2D eigenvalue weighted by Gasteiger charge is 2.52. The van der Waals surface area contributed by atoms with E-state index in [-0.39, 0.29) is 33.8 Å². The van der Waals surface area contributed by atoms with E-state index in [9.17, 15) is 71.5 Å². The predicted octanol–water partition coefficient (Wildman–Crippen LogP) is -4.32. The summed E-state index contributed by atoms with van der Waals surface area (Å²) in [6.45, 7) is -2.46. The van der Waals surface area contributed by atoms with E-state index in [2.05, 4.69) is 0 Å². The lowest BCUT2D eigenvalue weighted by Crippen LogP contribution is -2.65. The molecule has 0 aliphatic carbocycles. The maximum atomic E-state index is 11.2. The Morgan fingerprint density at radius 3 is 1.67 bits per heavy atom. The third kappa shape index (κ3) is 7.58. The summed E-state index contributed by atoms with van der Waals surface area (Å²) in [7, 11) is 0. The van der Waals surface area contributed by atoms with Gasteiger partial charge in [-0.25, -0.2) is 4.42 Å². The second-order valence-electron chi connectivity index (χ2n) is 12.9. The first-order valence-corrected chi connectivity index (χ1v) is 16.6. The summed E-state index contributed by atoms with van der Waals surface area (Å²) >= 11 is 0. The minimum absolute atomic E-state index is 0.0310. The van der Waals surface area contributed by atoms with Gasteiger partial charge in [0.05, 0.1) is 31.5 Å². The monoisotopic (exact) mass is 773 g/mol. The van der Waals surface area contributed by atoms with Gasteiger partial charge in [-0.3, -0.25) is 0 Å². The zero-order chi connectivity index (χ0) is 39.2. The van der Waals surface area contributed by atoms with E-state index in [4.69, 9.17) is 32.8 Å². The number of phenolic OH excluding ortho intramolecular Hbond substituents is 3. The summed E-state index contributed by atoms with van der Waals surface area (Å²) in [6.07, 6.45) is -26.5. The number of ether oxygens (including phenoxy) is 6. The van der Waals surface area contributed by atoms with Crippen molar-refractivity contribution in [2.24, 2.45) is 0 Å². The Hall–Kier alpha value is -3.75. The normalized spacial score (nSPS) is 37.3. The van der Waals surface area contributed by atoms with E-state index in [1.165, 1.54) is 12.1 Å². The Bertz CT molecular complexity index is 1760. The highest BCUT2D eigenvalue weighted by Crippen LogP contribution is 2.43. The minimum Gasteiger partial charge on any atom is -0.507 e. The maximum absolute atomic E-state index is 11.2. The van der Waals surface area contributed by atoms with Crippen molar-refractivity contribution in [3.8, 4) is 40.1 Å². The molecule has 0 radical (unpaired) electrons. The molecule has 0 amide bonds. The van der Waals surface area contributed by atoms with Crippen LogP contribution in [0.5, 0.6) is 28.7 Å². The zero-order valence-corrected chi connectivity index (χ0v) is 27.9. The van der Waals surface area contributed by atoms with Crippen LogP contribution in [0.25, 0.3) is 22.3 Å². The number of phenols is 3. The average Bonchev–Trinajstić information content (AvgIpc) is 3.15. The van der Waals surface area contributed by atoms with Gasteiger partial charge in [-0.2, -0.15) is 0 Å². The summed E-state index contributed by atoms with van der Waals surface area (Å²) in [6, 6.07) is 6.87. The highest BCUT2D eigenvalue weighted by atomic mass is 16.8. The molecule has 0 saturated carbocycles. The van der Waals surface area contributed by atoms with E-state index in [1.807, 2.05) is 0 Å². The van der Waals surface area contributed by atoms with Crippen LogP contribution in [0.3, 0.4) is 0 Å². The second-order valence-corrected chi connectivity index (χ2v) is 12.9. The molecule has 3 aromatic rings. The Labute approximate surface area is 303 Å². The van der Waals surface area contributed by atoms with Gasteiger partial charge in [0.1, 0.15) is 84.0 Å². The van der Waals surface area contributed by atoms with Crippen LogP contribution in [-0.2, 0) is 18.9 Å². The molecule has 0 unspecified atom stereocenters. The van der Waals surface area contributed by atoms with Crippen LogP contribution < -0.4 is 9.47 Å². The summed E-state index contributed by atoms with van der Waals surface area (Å²) in [5, 5.41) is 144. The Balaban J connectivity index is 1.44. The van der Waals surface area contributed by atoms with Gasteiger partial charge in [0, 0.05) is 18.2 Å². The largest absolute Gasteiger partial charge is 0.507 e. The van der Waals surface area contributed by atoms with Gasteiger partial charge >= 0.3 is 11.3 Å². The van der Waals surface area contributed by atoms with Crippen LogP contribution in [0.2, 0.25) is 0 Å². The van der Waals surface area contributed by atoms with Crippen molar-refractivity contribution in [2.75, 3.05) is 19.8 Å². The summed E-state index contributed by atoms with van der Waals surface area (Å²) in [4.78, 5) is 0. The topological polar surface area (TPSA) is 350 Å². The lowest BCUT2D eigenvalue weighted by Gasteiger charge is -2.45. The van der Waals surface area contributed by atoms with Crippen molar-refractivity contribution >= 4 is 11.0 Å². The molecule has 4 heterocycles. The second kappa shape index (κ2) is 16.2. The summed E-state index contributed by atoms with van der Waals surface area (Å²) in [5.74, 6) is -2.45. The highest BCUT2D eigenvalue weighted by molar-refractivity contribution is 5.89. The molecular formula is C33H41O21+. The molecule has 6 rings (SSSR count). The third-order valence-electron chi connectivity index (χ3n) is 9.34. The van der Waals surface area contributed by atoms with Gasteiger partial charge in [0.25, 0.3) is 0 Å². The van der Waals surface area contributed by atoms with Crippen molar-refractivity contribution in [3.05, 3.63) is 36.4 Å². The molecule has 3 aliphatic rings. The van der Waals surface area contributed by atoms with Crippen LogP contribution >= 0.6 is 0 Å². The third-order valence-corrected chi connectivity index (χ3v) is 9.34. The van der Waals surface area contributed by atoms with E-state index < -0.39 is 129 Å². The molecule has 54 heavy (non-hydrogen) atoms. The first kappa shape index (κ1) is 39.9.